The van der Waals surface area contributed by atoms with Crippen molar-refractivity contribution in [1.82, 2.24) is 14.7 Å². The minimum Gasteiger partial charge on any atom is -0.379 e. The maximum atomic E-state index is 14.9. The van der Waals surface area contributed by atoms with E-state index in [1.807, 2.05) is 4.90 Å². The number of morpholine rings is 1. The highest BCUT2D eigenvalue weighted by molar-refractivity contribution is 5.94. The van der Waals surface area contributed by atoms with Crippen molar-refractivity contribution in [2.24, 2.45) is 5.92 Å². The number of carbonyl (C=O) groups excluding carboxylic acids is 1. The summed E-state index contributed by atoms with van der Waals surface area (Å²) in [6.07, 6.45) is 2.17. The molecule has 7 heteroatoms. The monoisotopic (exact) mass is 418 g/mol. The number of anilines is 1. The van der Waals surface area contributed by atoms with Crippen LogP contribution in [0.25, 0.3) is 0 Å². The maximum Gasteiger partial charge on any atom is 0.253 e. The summed E-state index contributed by atoms with van der Waals surface area (Å²) in [5, 5.41) is 0. The zero-order chi connectivity index (χ0) is 20.9. The summed E-state index contributed by atoms with van der Waals surface area (Å²) >= 11 is 0. The smallest absolute Gasteiger partial charge is 0.253 e. The van der Waals surface area contributed by atoms with Gasteiger partial charge in [0.2, 0.25) is 0 Å². The molecule has 1 amide bonds. The Morgan fingerprint density at radius 2 is 1.83 bits per heavy atom. The molecule has 3 aliphatic rings. The van der Waals surface area contributed by atoms with E-state index in [9.17, 15) is 9.18 Å². The van der Waals surface area contributed by atoms with Gasteiger partial charge in [-0.1, -0.05) is 6.92 Å². The first kappa shape index (κ1) is 21.5. The summed E-state index contributed by atoms with van der Waals surface area (Å²) < 4.78 is 20.3. The number of benzene rings is 1. The fraction of sp³-hybridized carbons (Fsp3) is 0.696. The Morgan fingerprint density at radius 3 is 2.53 bits per heavy atom. The van der Waals surface area contributed by atoms with Crippen LogP contribution in [0, 0.1) is 11.7 Å². The zero-order valence-corrected chi connectivity index (χ0v) is 18.2. The first-order valence-corrected chi connectivity index (χ1v) is 11.5. The largest absolute Gasteiger partial charge is 0.379 e. The Kier molecular flexibility index (Phi) is 7.23. The Morgan fingerprint density at radius 1 is 1.07 bits per heavy atom. The van der Waals surface area contributed by atoms with Gasteiger partial charge < -0.3 is 19.4 Å². The average molecular weight is 419 g/mol. The van der Waals surface area contributed by atoms with E-state index in [-0.39, 0.29) is 11.7 Å². The zero-order valence-electron chi connectivity index (χ0n) is 18.2. The minimum absolute atomic E-state index is 0.0390. The molecule has 0 aliphatic carbocycles. The van der Waals surface area contributed by atoms with Crippen LogP contribution in [0.1, 0.15) is 30.1 Å². The first-order chi connectivity index (χ1) is 14.6. The normalized spacial score (nSPS) is 24.3. The van der Waals surface area contributed by atoms with Gasteiger partial charge in [0, 0.05) is 64.5 Å². The van der Waals surface area contributed by atoms with Crippen LogP contribution < -0.4 is 4.90 Å². The first-order valence-electron chi connectivity index (χ1n) is 11.5. The van der Waals surface area contributed by atoms with Gasteiger partial charge in [0.25, 0.3) is 5.91 Å². The van der Waals surface area contributed by atoms with Gasteiger partial charge in [-0.05, 0) is 43.5 Å². The predicted octanol–water partition coefficient (Wildman–Crippen LogP) is 2.15. The molecule has 0 aromatic heterocycles. The van der Waals surface area contributed by atoms with Crippen LogP contribution in [0.5, 0.6) is 0 Å². The number of carbonyl (C=O) groups is 1. The average Bonchev–Trinajstić information content (AvgIpc) is 2.79. The lowest BCUT2D eigenvalue weighted by molar-refractivity contribution is 0.0224. The summed E-state index contributed by atoms with van der Waals surface area (Å²) in [5.41, 5.74) is 1.08. The second-order valence-electron chi connectivity index (χ2n) is 8.76. The number of ether oxygens (including phenoxy) is 1. The van der Waals surface area contributed by atoms with Crippen molar-refractivity contribution in [3.63, 3.8) is 0 Å². The lowest BCUT2D eigenvalue weighted by Gasteiger charge is -2.37. The summed E-state index contributed by atoms with van der Waals surface area (Å²) in [6, 6.07) is 5.04. The van der Waals surface area contributed by atoms with Crippen LogP contribution in [-0.4, -0.2) is 99.3 Å². The van der Waals surface area contributed by atoms with Gasteiger partial charge in [-0.15, -0.1) is 0 Å². The van der Waals surface area contributed by atoms with Gasteiger partial charge in [0.05, 0.1) is 18.9 Å². The molecule has 1 aromatic carbocycles. The van der Waals surface area contributed by atoms with Crippen molar-refractivity contribution in [2.45, 2.75) is 19.8 Å². The maximum absolute atomic E-state index is 14.9. The topological polar surface area (TPSA) is 39.3 Å². The molecule has 30 heavy (non-hydrogen) atoms. The molecule has 6 nitrogen and oxygen atoms in total. The number of likely N-dealkylation sites (N-methyl/N-ethyl adjacent to an activating group) is 1. The van der Waals surface area contributed by atoms with Gasteiger partial charge in [-0.25, -0.2) is 4.39 Å². The SMILES string of the molecule is CCN1CCN(c2ccc(C(=O)N3CCCC(CN4CCOCC4)C3)cc2F)CC1. The van der Waals surface area contributed by atoms with Gasteiger partial charge >= 0.3 is 0 Å². The molecule has 3 heterocycles. The Balaban J connectivity index is 1.36. The van der Waals surface area contributed by atoms with Gasteiger partial charge in [0.1, 0.15) is 5.82 Å². The van der Waals surface area contributed by atoms with E-state index in [1.165, 1.54) is 6.07 Å². The van der Waals surface area contributed by atoms with Crippen LogP contribution >= 0.6 is 0 Å². The molecule has 0 spiro atoms. The van der Waals surface area contributed by atoms with Crippen molar-refractivity contribution in [1.29, 1.82) is 0 Å². The molecular weight excluding hydrogens is 383 g/mol. The Hall–Kier alpha value is -1.70. The number of hydrogen-bond acceptors (Lipinski definition) is 5. The van der Waals surface area contributed by atoms with Gasteiger partial charge in [0.15, 0.2) is 0 Å². The number of halogens is 1. The number of rotatable bonds is 5. The predicted molar refractivity (Wildman–Crippen MR) is 117 cm³/mol. The molecule has 0 N–H and O–H groups in total. The molecule has 0 bridgehead atoms. The number of nitrogens with zero attached hydrogens (tertiary/aromatic N) is 4. The standard InChI is InChI=1S/C23H35FN4O2/c1-2-25-8-10-27(11-9-25)22-6-5-20(16-21(22)24)23(29)28-7-3-4-19(18-28)17-26-12-14-30-15-13-26/h5-6,16,19H,2-4,7-15,17-18H2,1H3. The number of hydrogen-bond donors (Lipinski definition) is 0. The molecule has 1 unspecified atom stereocenters. The van der Waals surface area contributed by atoms with E-state index < -0.39 is 0 Å². The molecule has 3 saturated heterocycles. The number of likely N-dealkylation sites (tertiary alicyclic amines) is 1. The second-order valence-corrected chi connectivity index (χ2v) is 8.76. The van der Waals surface area contributed by atoms with Gasteiger partial charge in [-0.2, -0.15) is 0 Å². The quantitative estimate of drug-likeness (QED) is 0.733. The van der Waals surface area contributed by atoms with Crippen LogP contribution in [0.4, 0.5) is 10.1 Å². The third kappa shape index (κ3) is 5.13. The molecular formula is C23H35FN4O2. The van der Waals surface area contributed by atoms with E-state index in [1.54, 1.807) is 12.1 Å². The number of piperazine rings is 1. The van der Waals surface area contributed by atoms with Crippen molar-refractivity contribution in [2.75, 3.05) is 83.6 Å². The number of amides is 1. The molecule has 3 aliphatic heterocycles. The van der Waals surface area contributed by atoms with E-state index in [4.69, 9.17) is 4.74 Å². The third-order valence-corrected chi connectivity index (χ3v) is 6.78. The highest BCUT2D eigenvalue weighted by atomic mass is 19.1. The molecule has 4 rings (SSSR count). The van der Waals surface area contributed by atoms with Crippen LogP contribution in [0.2, 0.25) is 0 Å². The molecule has 3 fully saturated rings. The lowest BCUT2D eigenvalue weighted by Crippen LogP contribution is -2.46. The highest BCUT2D eigenvalue weighted by Gasteiger charge is 2.27. The van der Waals surface area contributed by atoms with Crippen LogP contribution in [0.3, 0.4) is 0 Å². The molecule has 166 valence electrons. The van der Waals surface area contributed by atoms with Crippen molar-refractivity contribution >= 4 is 11.6 Å². The fourth-order valence-electron chi connectivity index (χ4n) is 4.93. The van der Waals surface area contributed by atoms with E-state index >= 15 is 0 Å². The van der Waals surface area contributed by atoms with Crippen LogP contribution in [-0.2, 0) is 4.74 Å². The summed E-state index contributed by atoms with van der Waals surface area (Å²) in [4.78, 5) is 21.9. The van der Waals surface area contributed by atoms with E-state index in [2.05, 4.69) is 21.6 Å². The molecule has 1 aromatic rings. The molecule has 0 radical (unpaired) electrons. The van der Waals surface area contributed by atoms with E-state index in [0.717, 1.165) is 91.5 Å². The van der Waals surface area contributed by atoms with Crippen molar-refractivity contribution < 1.29 is 13.9 Å². The number of piperidine rings is 1. The Bertz CT molecular complexity index is 717. The van der Waals surface area contributed by atoms with Gasteiger partial charge in [-0.3, -0.25) is 9.69 Å². The molecule has 1 atom stereocenters. The highest BCUT2D eigenvalue weighted by Crippen LogP contribution is 2.25. The van der Waals surface area contributed by atoms with Crippen LogP contribution in [0.15, 0.2) is 18.2 Å². The lowest BCUT2D eigenvalue weighted by atomic mass is 9.96. The second kappa shape index (κ2) is 10.1. The van der Waals surface area contributed by atoms with E-state index in [0.29, 0.717) is 17.2 Å². The third-order valence-electron chi connectivity index (χ3n) is 6.78. The van der Waals surface area contributed by atoms with Crippen molar-refractivity contribution in [3.05, 3.63) is 29.6 Å². The van der Waals surface area contributed by atoms with Crippen molar-refractivity contribution in [3.8, 4) is 0 Å². The summed E-state index contributed by atoms with van der Waals surface area (Å²) in [6.45, 7) is 12.8. The minimum atomic E-state index is -0.285. The summed E-state index contributed by atoms with van der Waals surface area (Å²) in [5.74, 6) is 0.162. The fourth-order valence-corrected chi connectivity index (χ4v) is 4.93. The summed E-state index contributed by atoms with van der Waals surface area (Å²) in [7, 11) is 0. The Labute approximate surface area is 179 Å². The molecule has 0 saturated carbocycles.